The molecule has 8 aliphatic carbocycles. The molecule has 0 saturated heterocycles. The van der Waals surface area contributed by atoms with Gasteiger partial charge in [0.1, 0.15) is 20.0 Å². The van der Waals surface area contributed by atoms with Crippen molar-refractivity contribution in [1.29, 1.82) is 0 Å². The summed E-state index contributed by atoms with van der Waals surface area (Å²) in [6.45, 7) is 3.26. The fourth-order valence-corrected chi connectivity index (χ4v) is 16.3. The molecule has 15 nitrogen and oxygen atoms in total. The second-order valence-electron chi connectivity index (χ2n) is 23.0. The molecule has 78 heavy (non-hydrogen) atoms. The van der Waals surface area contributed by atoms with E-state index in [9.17, 15) is 37.5 Å². The normalized spacial score (nSPS) is 27.2. The fraction of sp³-hybridized carbons (Fsp3) is 0.554. The Morgan fingerprint density at radius 1 is 0.628 bits per heavy atom. The molecule has 14 rings (SSSR count). The SMILES string of the molecule is CN(C)C(=O)c1ccc(-c2nnc(C3=CCN(C(=O)C45CC6CC(CC(C6)C4)C5)CC3)s2)cc1Cl.CN(C)C(=O)c1ccc(-c2nnc(C3=CCNCC3)s2)cc1Cl.O=C(O)C(F)(F)F.O=C(O)C12CC3CC(CC(C3)C1)C2. The van der Waals surface area contributed by atoms with Gasteiger partial charge in [-0.05, 0) is 167 Å². The first-order valence-corrected chi connectivity index (χ1v) is 29.0. The Bertz CT molecular complexity index is 2940. The van der Waals surface area contributed by atoms with Crippen LogP contribution in [0.5, 0.6) is 0 Å². The number of aromatic nitrogens is 4. The van der Waals surface area contributed by atoms with Crippen LogP contribution in [-0.2, 0) is 14.4 Å². The van der Waals surface area contributed by atoms with Crippen LogP contribution in [0.1, 0.15) is 121 Å². The van der Waals surface area contributed by atoms with Crippen molar-refractivity contribution < 1.29 is 47.4 Å². The third-order valence-electron chi connectivity index (χ3n) is 16.9. The maximum Gasteiger partial charge on any atom is 0.490 e. The average Bonchev–Trinajstić information content (AvgIpc) is 4.20. The highest BCUT2D eigenvalue weighted by Gasteiger charge is 2.56. The average molecular weight is 1150 g/mol. The van der Waals surface area contributed by atoms with E-state index in [4.69, 9.17) is 33.1 Å². The van der Waals surface area contributed by atoms with Gasteiger partial charge in [0.2, 0.25) is 5.91 Å². The molecule has 3 N–H and O–H groups in total. The first-order chi connectivity index (χ1) is 37.0. The molecule has 3 amide bonds. The molecular formula is C56H65Cl2F3N8O7S2. The second-order valence-corrected chi connectivity index (χ2v) is 25.8. The summed E-state index contributed by atoms with van der Waals surface area (Å²) < 4.78 is 31.7. The van der Waals surface area contributed by atoms with Gasteiger partial charge in [-0.2, -0.15) is 13.2 Å². The molecule has 0 unspecified atom stereocenters. The summed E-state index contributed by atoms with van der Waals surface area (Å²) in [5.74, 6) is 1.51. The van der Waals surface area contributed by atoms with Crippen molar-refractivity contribution in [3.8, 4) is 21.1 Å². The standard InChI is InChI=1S/C27H31ClN4O2S.C16H17ClN4OS.C11H16O2.C2HF3O2/c1-31(2)25(33)21-4-3-20(12-22(21)28)24-30-29-23(35-24)19-5-7-32(8-6-19)26(34)27-13-16-9-17(14-27)11-18(10-16)15-27;1-21(2)16(22)12-4-3-11(9-13(12)17)15-20-19-14(23-15)10-5-7-18-8-6-10;12-10(13)11-4-7-1-8(5-11)3-9(2-7)6-11;3-2(4,5)1(6)7/h3-5,12,16-18H,6-11,13-15H2,1-2H3;3-5,9,18H,6-8H2,1-2H3;7-9H,1-6H2,(H,12,13);(H,6,7). The molecule has 0 radical (unpaired) electrons. The van der Waals surface area contributed by atoms with E-state index in [1.54, 1.807) is 63.8 Å². The van der Waals surface area contributed by atoms with Crippen LogP contribution in [0.15, 0.2) is 48.6 Å². The first-order valence-electron chi connectivity index (χ1n) is 26.6. The molecule has 2 aromatic carbocycles. The Morgan fingerprint density at radius 3 is 1.36 bits per heavy atom. The number of carbonyl (C=O) groups excluding carboxylic acids is 3. The predicted octanol–water partition coefficient (Wildman–Crippen LogP) is 11.3. The third-order valence-corrected chi connectivity index (χ3v) is 19.6. The summed E-state index contributed by atoms with van der Waals surface area (Å²) in [6, 6.07) is 10.8. The number of carboxylic acids is 2. The van der Waals surface area contributed by atoms with E-state index in [-0.39, 0.29) is 22.6 Å². The van der Waals surface area contributed by atoms with Crippen molar-refractivity contribution in [2.24, 2.45) is 46.3 Å². The van der Waals surface area contributed by atoms with Crippen molar-refractivity contribution in [1.82, 2.24) is 40.4 Å². The number of alkyl halides is 3. The van der Waals surface area contributed by atoms with Crippen molar-refractivity contribution in [2.45, 2.75) is 96.1 Å². The number of hydrogen-bond donors (Lipinski definition) is 3. The quantitative estimate of drug-likeness (QED) is 0.151. The van der Waals surface area contributed by atoms with Crippen LogP contribution in [0, 0.1) is 46.3 Å². The van der Waals surface area contributed by atoms with Gasteiger partial charge in [0.15, 0.2) is 0 Å². The zero-order valence-corrected chi connectivity index (χ0v) is 47.2. The van der Waals surface area contributed by atoms with Gasteiger partial charge in [0, 0.05) is 59.0 Å². The third kappa shape index (κ3) is 12.7. The highest BCUT2D eigenvalue weighted by Crippen LogP contribution is 2.61. The number of halogens is 5. The van der Waals surface area contributed by atoms with Crippen molar-refractivity contribution in [3.63, 3.8) is 0 Å². The minimum atomic E-state index is -5.08. The number of rotatable bonds is 8. The first kappa shape index (κ1) is 57.4. The number of nitrogens with zero attached hydrogens (tertiary/aromatic N) is 7. The molecule has 10 aliphatic rings. The molecule has 8 bridgehead atoms. The Balaban J connectivity index is 0.000000146. The van der Waals surface area contributed by atoms with Gasteiger partial charge in [-0.3, -0.25) is 19.2 Å². The molecule has 22 heteroatoms. The van der Waals surface area contributed by atoms with E-state index in [0.29, 0.717) is 33.6 Å². The lowest BCUT2D eigenvalue weighted by molar-refractivity contribution is -0.192. The van der Waals surface area contributed by atoms with Crippen LogP contribution < -0.4 is 5.32 Å². The summed E-state index contributed by atoms with van der Waals surface area (Å²) >= 11 is 15.7. The Labute approximate surface area is 469 Å². The molecule has 4 aromatic rings. The van der Waals surface area contributed by atoms with Gasteiger partial charge in [-0.1, -0.05) is 70.2 Å². The van der Waals surface area contributed by atoms with E-state index < -0.39 is 18.1 Å². The van der Waals surface area contributed by atoms with E-state index in [1.807, 2.05) is 12.1 Å². The zero-order chi connectivity index (χ0) is 55.8. The van der Waals surface area contributed by atoms with Gasteiger partial charge in [-0.25, -0.2) is 4.79 Å². The van der Waals surface area contributed by atoms with Crippen LogP contribution in [0.4, 0.5) is 13.2 Å². The van der Waals surface area contributed by atoms with Crippen LogP contribution in [0.2, 0.25) is 10.0 Å². The van der Waals surface area contributed by atoms with Crippen molar-refractivity contribution in [3.05, 3.63) is 79.7 Å². The number of benzene rings is 2. The van der Waals surface area contributed by atoms with Gasteiger partial charge in [0.05, 0.1) is 32.0 Å². The van der Waals surface area contributed by atoms with Gasteiger partial charge in [-0.15, -0.1) is 20.4 Å². The van der Waals surface area contributed by atoms with Gasteiger partial charge >= 0.3 is 18.1 Å². The molecule has 418 valence electrons. The molecule has 2 aromatic heterocycles. The molecule has 2 aliphatic heterocycles. The van der Waals surface area contributed by atoms with Gasteiger partial charge < -0.3 is 30.2 Å². The largest absolute Gasteiger partial charge is 0.490 e. The molecule has 0 spiro atoms. The lowest BCUT2D eigenvalue weighted by atomic mass is 9.49. The van der Waals surface area contributed by atoms with Gasteiger partial charge in [0.25, 0.3) is 11.8 Å². The summed E-state index contributed by atoms with van der Waals surface area (Å²) in [4.78, 5) is 63.2. The minimum absolute atomic E-state index is 0.0740. The lowest BCUT2D eigenvalue weighted by Crippen LogP contribution is -2.55. The molecule has 8 fully saturated rings. The number of amides is 3. The summed E-state index contributed by atoms with van der Waals surface area (Å²) in [5, 5.41) is 41.3. The smallest absolute Gasteiger partial charge is 0.481 e. The Kier molecular flexibility index (Phi) is 17.2. The van der Waals surface area contributed by atoms with E-state index in [0.717, 1.165) is 143 Å². The second kappa shape index (κ2) is 23.4. The molecule has 0 atom stereocenters. The maximum atomic E-state index is 13.7. The monoisotopic (exact) mass is 1150 g/mol. The lowest BCUT2D eigenvalue weighted by Gasteiger charge is -2.56. The number of carboxylic acid groups (broad SMARTS) is 2. The summed E-state index contributed by atoms with van der Waals surface area (Å²) in [7, 11) is 6.82. The maximum absolute atomic E-state index is 13.7. The topological polar surface area (TPSA) is 199 Å². The number of nitrogens with one attached hydrogen (secondary N) is 1. The molecular weight excluding hydrogens is 1090 g/mol. The highest BCUT2D eigenvalue weighted by molar-refractivity contribution is 7.16. The highest BCUT2D eigenvalue weighted by atomic mass is 35.5. The van der Waals surface area contributed by atoms with E-state index >= 15 is 0 Å². The number of carbonyl (C=O) groups is 5. The summed E-state index contributed by atoms with van der Waals surface area (Å²) in [5.41, 5.74) is 4.74. The van der Waals surface area contributed by atoms with Crippen LogP contribution in [0.3, 0.4) is 0 Å². The molecule has 4 heterocycles. The van der Waals surface area contributed by atoms with E-state index in [2.05, 4.69) is 42.8 Å². The van der Waals surface area contributed by atoms with Crippen molar-refractivity contribution >= 4 is 86.7 Å². The van der Waals surface area contributed by atoms with Crippen LogP contribution in [0.25, 0.3) is 32.3 Å². The Hall–Kier alpha value is -5.28. The number of aliphatic carboxylic acids is 2. The minimum Gasteiger partial charge on any atom is -0.481 e. The van der Waals surface area contributed by atoms with E-state index in [1.165, 1.54) is 65.2 Å². The predicted molar refractivity (Wildman–Crippen MR) is 294 cm³/mol. The summed E-state index contributed by atoms with van der Waals surface area (Å²) in [6.07, 6.45) is 15.3. The van der Waals surface area contributed by atoms with Crippen LogP contribution in [-0.4, -0.2) is 136 Å². The van der Waals surface area contributed by atoms with Crippen molar-refractivity contribution in [2.75, 3.05) is 54.4 Å². The fourth-order valence-electron chi connectivity index (χ4n) is 14.0. The van der Waals surface area contributed by atoms with Crippen LogP contribution >= 0.6 is 45.9 Å². The Morgan fingerprint density at radius 2 is 1.03 bits per heavy atom. The zero-order valence-electron chi connectivity index (χ0n) is 44.1. The number of hydrogen-bond acceptors (Lipinski definition) is 12. The molecule has 8 saturated carbocycles.